The van der Waals surface area contributed by atoms with Crippen LogP contribution in [0.25, 0.3) is 33.3 Å². The zero-order chi connectivity index (χ0) is 22.4. The van der Waals surface area contributed by atoms with Gasteiger partial charge in [-0.2, -0.15) is 5.10 Å². The van der Waals surface area contributed by atoms with Crippen molar-refractivity contribution in [3.05, 3.63) is 59.8 Å². The van der Waals surface area contributed by atoms with Gasteiger partial charge in [-0.05, 0) is 37.6 Å². The summed E-state index contributed by atoms with van der Waals surface area (Å²) in [7, 11) is 0. The largest absolute Gasteiger partial charge is 0.456 e. The number of hydrogen-bond acceptors (Lipinski definition) is 6. The van der Waals surface area contributed by atoms with Crippen LogP contribution in [0.3, 0.4) is 0 Å². The van der Waals surface area contributed by atoms with E-state index in [1.165, 1.54) is 0 Å². The molecule has 6 rings (SSSR count). The second-order valence-electron chi connectivity index (χ2n) is 8.28. The number of ether oxygens (including phenoxy) is 2. The molecule has 1 saturated heterocycles. The van der Waals surface area contributed by atoms with Gasteiger partial charge in [0.15, 0.2) is 0 Å². The second-order valence-corrected chi connectivity index (χ2v) is 8.66. The van der Waals surface area contributed by atoms with Gasteiger partial charge in [0.25, 0.3) is 0 Å². The van der Waals surface area contributed by atoms with E-state index in [2.05, 4.69) is 20.1 Å². The summed E-state index contributed by atoms with van der Waals surface area (Å²) in [4.78, 5) is 17.0. The van der Waals surface area contributed by atoms with Gasteiger partial charge < -0.3 is 14.5 Å². The fourth-order valence-electron chi connectivity index (χ4n) is 4.14. The molecular weight excluding hydrogens is 440 g/mol. The normalized spacial score (nSPS) is 16.1. The molecule has 1 aliphatic rings. The van der Waals surface area contributed by atoms with E-state index in [9.17, 15) is 0 Å². The van der Waals surface area contributed by atoms with Crippen molar-refractivity contribution in [3.8, 4) is 22.8 Å². The van der Waals surface area contributed by atoms with Crippen molar-refractivity contribution in [3.63, 3.8) is 0 Å². The van der Waals surface area contributed by atoms with Crippen LogP contribution in [0.15, 0.2) is 48.9 Å². The Hall–Kier alpha value is -3.49. The van der Waals surface area contributed by atoms with Crippen LogP contribution in [0.5, 0.6) is 11.5 Å². The number of benzene rings is 2. The van der Waals surface area contributed by atoms with Crippen LogP contribution in [-0.4, -0.2) is 42.9 Å². The summed E-state index contributed by atoms with van der Waals surface area (Å²) < 4.78 is 13.5. The van der Waals surface area contributed by atoms with Gasteiger partial charge >= 0.3 is 0 Å². The van der Waals surface area contributed by atoms with E-state index >= 15 is 0 Å². The Kier molecular flexibility index (Phi) is 4.96. The lowest BCUT2D eigenvalue weighted by molar-refractivity contribution is 0.181. The highest BCUT2D eigenvalue weighted by Gasteiger charge is 2.17. The van der Waals surface area contributed by atoms with Crippen LogP contribution in [0.1, 0.15) is 12.2 Å². The van der Waals surface area contributed by atoms with Gasteiger partial charge in [0.2, 0.25) is 0 Å². The number of nitrogens with zero attached hydrogens (tertiary/aromatic N) is 5. The van der Waals surface area contributed by atoms with Crippen LogP contribution >= 0.6 is 11.6 Å². The lowest BCUT2D eigenvalue weighted by Gasteiger charge is -2.10. The highest BCUT2D eigenvalue weighted by Crippen LogP contribution is 2.35. The smallest absolute Gasteiger partial charge is 0.148 e. The van der Waals surface area contributed by atoms with Crippen LogP contribution in [-0.2, 0) is 11.3 Å². The van der Waals surface area contributed by atoms with E-state index in [0.29, 0.717) is 39.2 Å². The third-order valence-electron chi connectivity index (χ3n) is 5.82. The fourth-order valence-corrected chi connectivity index (χ4v) is 4.38. The quantitative estimate of drug-likeness (QED) is 0.389. The molecule has 1 aliphatic heterocycles. The second kappa shape index (κ2) is 8.13. The van der Waals surface area contributed by atoms with E-state index < -0.39 is 0 Å². The molecule has 0 spiro atoms. The van der Waals surface area contributed by atoms with Crippen molar-refractivity contribution < 1.29 is 9.47 Å². The van der Waals surface area contributed by atoms with E-state index in [-0.39, 0.29) is 0 Å². The first kappa shape index (κ1) is 20.1. The Morgan fingerprint density at radius 1 is 1.18 bits per heavy atom. The zero-order valence-electron chi connectivity index (χ0n) is 18.0. The maximum atomic E-state index is 6.71. The van der Waals surface area contributed by atoms with E-state index in [0.717, 1.165) is 48.6 Å². The number of rotatable bonds is 5. The number of aromatic amines is 1. The Morgan fingerprint density at radius 3 is 2.97 bits per heavy atom. The number of fused-ring (bicyclic) bond motifs is 2. The van der Waals surface area contributed by atoms with Gasteiger partial charge in [-0.15, -0.1) is 0 Å². The number of imidazole rings is 1. The van der Waals surface area contributed by atoms with Crippen molar-refractivity contribution in [2.45, 2.75) is 19.9 Å². The Morgan fingerprint density at radius 2 is 2.09 bits per heavy atom. The maximum Gasteiger partial charge on any atom is 0.148 e. The van der Waals surface area contributed by atoms with Gasteiger partial charge in [-0.1, -0.05) is 11.6 Å². The average molecular weight is 461 g/mol. The van der Waals surface area contributed by atoms with Gasteiger partial charge in [-0.3, -0.25) is 9.67 Å². The van der Waals surface area contributed by atoms with Crippen LogP contribution in [0.4, 0.5) is 0 Å². The number of hydrogen-bond donors (Lipinski definition) is 1. The molecule has 5 aromatic rings. The minimum absolute atomic E-state index is 0.415. The zero-order valence-corrected chi connectivity index (χ0v) is 18.7. The fraction of sp³-hybridized carbons (Fsp3) is 0.250. The van der Waals surface area contributed by atoms with E-state index in [1.54, 1.807) is 6.20 Å². The van der Waals surface area contributed by atoms with Crippen LogP contribution in [0.2, 0.25) is 5.02 Å². The first-order valence-electron chi connectivity index (χ1n) is 10.8. The summed E-state index contributed by atoms with van der Waals surface area (Å²) in [6, 6.07) is 9.35. The van der Waals surface area contributed by atoms with Crippen molar-refractivity contribution in [2.75, 3.05) is 13.2 Å². The van der Waals surface area contributed by atoms with Crippen molar-refractivity contribution in [1.82, 2.24) is 29.7 Å². The van der Waals surface area contributed by atoms with E-state index in [4.69, 9.17) is 26.1 Å². The molecule has 1 unspecified atom stereocenters. The number of halogens is 1. The van der Waals surface area contributed by atoms with Crippen LogP contribution in [0, 0.1) is 12.8 Å². The van der Waals surface area contributed by atoms with Gasteiger partial charge in [-0.25, -0.2) is 9.97 Å². The number of aryl methyl sites for hydroxylation is 1. The molecule has 3 aromatic heterocycles. The summed E-state index contributed by atoms with van der Waals surface area (Å²) in [5.74, 6) is 2.53. The van der Waals surface area contributed by atoms with Crippen molar-refractivity contribution in [1.29, 1.82) is 0 Å². The molecule has 1 atom stereocenters. The third-order valence-corrected chi connectivity index (χ3v) is 6.18. The molecule has 2 aromatic carbocycles. The minimum atomic E-state index is 0.415. The summed E-state index contributed by atoms with van der Waals surface area (Å²) in [5.41, 5.74) is 4.69. The number of H-pyrrole nitrogens is 1. The predicted molar refractivity (Wildman–Crippen MR) is 126 cm³/mol. The first-order valence-corrected chi connectivity index (χ1v) is 11.2. The highest BCUT2D eigenvalue weighted by molar-refractivity contribution is 6.36. The van der Waals surface area contributed by atoms with E-state index in [1.807, 2.05) is 54.3 Å². The Bertz CT molecular complexity index is 1470. The Balaban J connectivity index is 1.30. The molecular formula is C24H21ClN6O2. The minimum Gasteiger partial charge on any atom is -0.456 e. The molecule has 9 heteroatoms. The van der Waals surface area contributed by atoms with Crippen molar-refractivity contribution >= 4 is 33.7 Å². The molecule has 8 nitrogen and oxygen atoms in total. The molecule has 166 valence electrons. The SMILES string of the molecule is Cc1nc2ccc(Oc3ccc4ncc(-c5cnn(CC6CCOC6)c5)nc4c3Cl)cc2[nH]1. The lowest BCUT2D eigenvalue weighted by atomic mass is 10.1. The number of nitrogens with one attached hydrogen (secondary N) is 1. The summed E-state index contributed by atoms with van der Waals surface area (Å²) in [5, 5.41) is 4.90. The molecule has 0 radical (unpaired) electrons. The molecule has 4 heterocycles. The van der Waals surface area contributed by atoms with Gasteiger partial charge in [0.1, 0.15) is 27.9 Å². The summed E-state index contributed by atoms with van der Waals surface area (Å²) in [6.45, 7) is 4.37. The topological polar surface area (TPSA) is 90.7 Å². The van der Waals surface area contributed by atoms with Crippen molar-refractivity contribution in [2.24, 2.45) is 5.92 Å². The molecule has 33 heavy (non-hydrogen) atoms. The maximum absolute atomic E-state index is 6.71. The Labute approximate surface area is 194 Å². The number of aromatic nitrogens is 6. The summed E-state index contributed by atoms with van der Waals surface area (Å²) >= 11 is 6.71. The molecule has 0 amide bonds. The standard InChI is InChI=1S/C24H21ClN6O2/c1-14-28-18-3-2-17(8-20(18)29-14)33-22-5-4-19-24(23(22)25)30-21(10-26-19)16-9-27-31(12-16)11-15-6-7-32-13-15/h2-5,8-10,12,15H,6-7,11,13H2,1H3,(H,28,29). The molecule has 0 aliphatic carbocycles. The van der Waals surface area contributed by atoms with Crippen LogP contribution < -0.4 is 4.74 Å². The molecule has 1 N–H and O–H groups in total. The van der Waals surface area contributed by atoms with Gasteiger partial charge in [0.05, 0.1) is 41.2 Å². The lowest BCUT2D eigenvalue weighted by Crippen LogP contribution is -2.10. The summed E-state index contributed by atoms with van der Waals surface area (Å²) in [6.07, 6.45) is 6.61. The predicted octanol–water partition coefficient (Wildman–Crippen LogP) is 5.16. The average Bonchev–Trinajstić information content (AvgIpc) is 3.57. The molecule has 0 saturated carbocycles. The van der Waals surface area contributed by atoms with Gasteiger partial charge in [0, 0.05) is 36.9 Å². The molecule has 0 bridgehead atoms. The molecule has 1 fully saturated rings. The third kappa shape index (κ3) is 3.92. The first-order chi connectivity index (χ1) is 16.1. The monoisotopic (exact) mass is 460 g/mol. The highest BCUT2D eigenvalue weighted by atomic mass is 35.5.